The highest BCUT2D eigenvalue weighted by atomic mass is 16.2. The van der Waals surface area contributed by atoms with Crippen LogP contribution in [0.5, 0.6) is 0 Å². The van der Waals surface area contributed by atoms with Crippen LogP contribution in [0.3, 0.4) is 0 Å². The molecule has 13 heavy (non-hydrogen) atoms. The molecular formula is C8H14N2O3. The highest BCUT2D eigenvalue weighted by molar-refractivity contribution is 6.02. The van der Waals surface area contributed by atoms with Gasteiger partial charge in [-0.25, -0.2) is 4.79 Å². The molecule has 0 aromatic heterocycles. The average molecular weight is 186 g/mol. The van der Waals surface area contributed by atoms with Crippen molar-refractivity contribution < 1.29 is 14.4 Å². The maximum atomic E-state index is 11.2. The summed E-state index contributed by atoms with van der Waals surface area (Å²) in [7, 11) is 0. The van der Waals surface area contributed by atoms with Crippen LogP contribution in [-0.4, -0.2) is 17.8 Å². The van der Waals surface area contributed by atoms with E-state index in [-0.39, 0.29) is 0 Å². The topological polar surface area (TPSA) is 75.3 Å². The van der Waals surface area contributed by atoms with Gasteiger partial charge in [0.2, 0.25) is 11.8 Å². The number of carbonyl (C=O) groups excluding carboxylic acids is 3. The number of hydrogen-bond donors (Lipinski definition) is 2. The zero-order chi connectivity index (χ0) is 10.6. The second kappa shape index (κ2) is 4.02. The summed E-state index contributed by atoms with van der Waals surface area (Å²) in [4.78, 5) is 32.4. The summed E-state index contributed by atoms with van der Waals surface area (Å²) >= 11 is 0. The molecule has 0 rings (SSSR count). The van der Waals surface area contributed by atoms with Crippen LogP contribution in [-0.2, 0) is 9.59 Å². The summed E-state index contributed by atoms with van der Waals surface area (Å²) in [5.74, 6) is -0.926. The second-order valence-electron chi connectivity index (χ2n) is 3.71. The molecule has 5 nitrogen and oxygen atoms in total. The minimum Gasteiger partial charge on any atom is -0.278 e. The lowest BCUT2D eigenvalue weighted by Gasteiger charge is -2.16. The molecule has 74 valence electrons. The van der Waals surface area contributed by atoms with Crippen LogP contribution in [0.2, 0.25) is 0 Å². The molecule has 2 N–H and O–H groups in total. The first-order chi connectivity index (χ1) is 5.73. The SMILES string of the molecule is CC(=O)NC(=O)NC(=O)C(C)(C)C. The van der Waals surface area contributed by atoms with Crippen LogP contribution in [0, 0.1) is 5.41 Å². The monoisotopic (exact) mass is 186 g/mol. The van der Waals surface area contributed by atoms with E-state index in [9.17, 15) is 14.4 Å². The lowest BCUT2D eigenvalue weighted by molar-refractivity contribution is -0.127. The van der Waals surface area contributed by atoms with Gasteiger partial charge in [-0.3, -0.25) is 20.2 Å². The molecule has 0 heterocycles. The normalized spacial score (nSPS) is 10.5. The number of imide groups is 2. The van der Waals surface area contributed by atoms with Crippen molar-refractivity contribution >= 4 is 17.8 Å². The van der Waals surface area contributed by atoms with E-state index in [1.165, 1.54) is 6.92 Å². The number of amides is 4. The van der Waals surface area contributed by atoms with Gasteiger partial charge < -0.3 is 0 Å². The number of carbonyl (C=O) groups is 3. The molecular weight excluding hydrogens is 172 g/mol. The highest BCUT2D eigenvalue weighted by Gasteiger charge is 2.23. The Morgan fingerprint density at radius 1 is 1.00 bits per heavy atom. The molecule has 0 spiro atoms. The molecule has 0 aromatic carbocycles. The van der Waals surface area contributed by atoms with Crippen molar-refractivity contribution in [3.8, 4) is 0 Å². The molecule has 0 unspecified atom stereocenters. The Labute approximate surface area is 76.9 Å². The molecule has 0 aliphatic heterocycles. The Hall–Kier alpha value is -1.39. The standard InChI is InChI=1S/C8H14N2O3/c1-5(11)9-7(13)10-6(12)8(2,3)4/h1-4H3,(H2,9,10,11,12,13). The summed E-state index contributed by atoms with van der Waals surface area (Å²) in [6, 6.07) is -0.785. The van der Waals surface area contributed by atoms with Gasteiger partial charge >= 0.3 is 6.03 Å². The molecule has 0 saturated carbocycles. The van der Waals surface area contributed by atoms with Gasteiger partial charge in [-0.15, -0.1) is 0 Å². The van der Waals surface area contributed by atoms with E-state index in [1.54, 1.807) is 20.8 Å². The summed E-state index contributed by atoms with van der Waals surface area (Å²) in [6.45, 7) is 6.21. The van der Waals surface area contributed by atoms with Crippen LogP contribution in [0.4, 0.5) is 4.79 Å². The van der Waals surface area contributed by atoms with Gasteiger partial charge in [0.1, 0.15) is 0 Å². The van der Waals surface area contributed by atoms with Gasteiger partial charge in [0.25, 0.3) is 0 Å². The number of hydrogen-bond acceptors (Lipinski definition) is 3. The van der Waals surface area contributed by atoms with Crippen LogP contribution < -0.4 is 10.6 Å². The summed E-state index contributed by atoms with van der Waals surface area (Å²) < 4.78 is 0. The quantitative estimate of drug-likeness (QED) is 0.575. The zero-order valence-electron chi connectivity index (χ0n) is 8.22. The number of rotatable bonds is 0. The maximum absolute atomic E-state index is 11.2. The van der Waals surface area contributed by atoms with E-state index in [4.69, 9.17) is 0 Å². The second-order valence-corrected chi connectivity index (χ2v) is 3.71. The first kappa shape index (κ1) is 11.6. The van der Waals surface area contributed by atoms with Crippen molar-refractivity contribution in [2.75, 3.05) is 0 Å². The van der Waals surface area contributed by atoms with E-state index in [1.807, 2.05) is 10.6 Å². The Kier molecular flexibility index (Phi) is 3.59. The Morgan fingerprint density at radius 2 is 1.46 bits per heavy atom. The third-order valence-electron chi connectivity index (χ3n) is 1.20. The van der Waals surface area contributed by atoms with Gasteiger partial charge in [0.15, 0.2) is 0 Å². The van der Waals surface area contributed by atoms with Crippen molar-refractivity contribution in [2.45, 2.75) is 27.7 Å². The third-order valence-corrected chi connectivity index (χ3v) is 1.20. The van der Waals surface area contributed by atoms with Crippen molar-refractivity contribution in [1.29, 1.82) is 0 Å². The zero-order valence-corrected chi connectivity index (χ0v) is 8.22. The fourth-order valence-electron chi connectivity index (χ4n) is 0.482. The third kappa shape index (κ3) is 4.95. The Morgan fingerprint density at radius 3 is 1.77 bits per heavy atom. The molecule has 0 aliphatic rings. The van der Waals surface area contributed by atoms with E-state index >= 15 is 0 Å². The van der Waals surface area contributed by atoms with Gasteiger partial charge in [-0.2, -0.15) is 0 Å². The van der Waals surface area contributed by atoms with Gasteiger partial charge in [0, 0.05) is 12.3 Å². The van der Waals surface area contributed by atoms with Crippen LogP contribution in [0.1, 0.15) is 27.7 Å². The van der Waals surface area contributed by atoms with E-state index in [2.05, 4.69) is 0 Å². The van der Waals surface area contributed by atoms with Crippen LogP contribution >= 0.6 is 0 Å². The molecule has 0 radical (unpaired) electrons. The Bertz CT molecular complexity index is 240. The van der Waals surface area contributed by atoms with Gasteiger partial charge in [0.05, 0.1) is 0 Å². The van der Waals surface area contributed by atoms with E-state index in [0.29, 0.717) is 0 Å². The minimum atomic E-state index is -0.785. The lowest BCUT2D eigenvalue weighted by atomic mass is 9.96. The first-order valence-corrected chi connectivity index (χ1v) is 3.86. The van der Waals surface area contributed by atoms with Crippen molar-refractivity contribution in [1.82, 2.24) is 10.6 Å². The van der Waals surface area contributed by atoms with E-state index < -0.39 is 23.3 Å². The molecule has 0 aliphatic carbocycles. The number of urea groups is 1. The van der Waals surface area contributed by atoms with Crippen molar-refractivity contribution in [3.05, 3.63) is 0 Å². The summed E-state index contributed by atoms with van der Waals surface area (Å²) in [5, 5.41) is 3.98. The van der Waals surface area contributed by atoms with Gasteiger partial charge in [-0.05, 0) is 0 Å². The first-order valence-electron chi connectivity index (χ1n) is 3.86. The maximum Gasteiger partial charge on any atom is 0.328 e. The van der Waals surface area contributed by atoms with Crippen LogP contribution in [0.25, 0.3) is 0 Å². The number of nitrogens with one attached hydrogen (secondary N) is 2. The highest BCUT2D eigenvalue weighted by Crippen LogP contribution is 2.11. The molecule has 0 saturated heterocycles. The average Bonchev–Trinajstić information content (AvgIpc) is 1.82. The molecule has 0 bridgehead atoms. The predicted molar refractivity (Wildman–Crippen MR) is 46.8 cm³/mol. The minimum absolute atomic E-state index is 0.425. The molecule has 0 aromatic rings. The summed E-state index contributed by atoms with van der Waals surface area (Å²) in [6.07, 6.45) is 0. The van der Waals surface area contributed by atoms with Crippen molar-refractivity contribution in [2.24, 2.45) is 5.41 Å². The van der Waals surface area contributed by atoms with Crippen molar-refractivity contribution in [3.63, 3.8) is 0 Å². The fraction of sp³-hybridized carbons (Fsp3) is 0.625. The Balaban J connectivity index is 4.08. The fourth-order valence-corrected chi connectivity index (χ4v) is 0.482. The van der Waals surface area contributed by atoms with E-state index in [0.717, 1.165) is 0 Å². The smallest absolute Gasteiger partial charge is 0.278 e. The molecule has 5 heteroatoms. The van der Waals surface area contributed by atoms with Crippen LogP contribution in [0.15, 0.2) is 0 Å². The molecule has 0 atom stereocenters. The molecule has 4 amide bonds. The predicted octanol–water partition coefficient (Wildman–Crippen LogP) is 0.405. The summed E-state index contributed by atoms with van der Waals surface area (Å²) in [5.41, 5.74) is -0.645. The van der Waals surface area contributed by atoms with Gasteiger partial charge in [-0.1, -0.05) is 20.8 Å². The largest absolute Gasteiger partial charge is 0.328 e. The molecule has 0 fully saturated rings. The lowest BCUT2D eigenvalue weighted by Crippen LogP contribution is -2.45.